The number of carbonyl (C=O) groups is 2. The minimum atomic E-state index is -1.79. The number of carbonyl (C=O) groups excluding carboxylic acids is 2. The molecular formula is C18H34O5Sn. The van der Waals surface area contributed by atoms with Gasteiger partial charge in [-0.25, -0.2) is 0 Å². The number of unbranched alkanes of at least 4 members (excludes halogenated alkanes) is 6. The molecule has 0 aromatic heterocycles. The summed E-state index contributed by atoms with van der Waals surface area (Å²) in [5.41, 5.74) is -1.79. The molecule has 0 fully saturated rings. The Morgan fingerprint density at radius 1 is 0.917 bits per heavy atom. The number of carboxylic acids is 2. The topological polar surface area (TPSA) is 89.5 Å². The third-order valence-electron chi connectivity index (χ3n) is 3.78. The number of aliphatic carboxylic acids is 2. The summed E-state index contributed by atoms with van der Waals surface area (Å²) in [7, 11) is 1.10. The molecule has 6 heteroatoms. The van der Waals surface area contributed by atoms with E-state index >= 15 is 0 Å². The first kappa shape index (κ1) is 25.9. The van der Waals surface area contributed by atoms with Gasteiger partial charge in [0.2, 0.25) is 0 Å². The fourth-order valence-electron chi connectivity index (χ4n) is 1.98. The number of ether oxygens (including phenoxy) is 1. The van der Waals surface area contributed by atoms with E-state index < -0.39 is 24.0 Å². The van der Waals surface area contributed by atoms with Crippen molar-refractivity contribution in [3.63, 3.8) is 0 Å². The van der Waals surface area contributed by atoms with Gasteiger partial charge in [0.25, 0.3) is 0 Å². The van der Waals surface area contributed by atoms with Crippen LogP contribution in [0.4, 0.5) is 0 Å². The molecule has 0 aliphatic carbocycles. The van der Waals surface area contributed by atoms with Gasteiger partial charge >= 0.3 is 95.2 Å². The van der Waals surface area contributed by atoms with Crippen LogP contribution in [-0.2, 0) is 14.3 Å². The summed E-state index contributed by atoms with van der Waals surface area (Å²) in [5.74, 6) is -3.05. The van der Waals surface area contributed by atoms with E-state index in [1.54, 1.807) is 21.7 Å². The molecule has 0 rings (SSSR count). The zero-order valence-electron chi connectivity index (χ0n) is 15.8. The molecule has 0 spiro atoms. The number of rotatable bonds is 14. The molecule has 1 unspecified atom stereocenters. The minimum absolute atomic E-state index is 0.104. The third-order valence-corrected chi connectivity index (χ3v) is 7.81. The van der Waals surface area contributed by atoms with E-state index in [0.717, 1.165) is 14.0 Å². The maximum atomic E-state index is 10.3. The van der Waals surface area contributed by atoms with Crippen molar-refractivity contribution in [2.75, 3.05) is 7.11 Å². The second kappa shape index (κ2) is 17.5. The smallest absolute Gasteiger partial charge is 0.109 e. The molecule has 0 radical (unpaired) electrons. The van der Waals surface area contributed by atoms with Gasteiger partial charge in [-0.3, -0.25) is 0 Å². The molecule has 0 aliphatic rings. The van der Waals surface area contributed by atoms with Crippen LogP contribution < -0.4 is 10.2 Å². The first-order valence-electron chi connectivity index (χ1n) is 9.01. The van der Waals surface area contributed by atoms with E-state index in [2.05, 4.69) is 18.6 Å². The average molecular weight is 449 g/mol. The fourth-order valence-corrected chi connectivity index (χ4v) is 5.55. The van der Waals surface area contributed by atoms with Gasteiger partial charge in [-0.2, -0.15) is 0 Å². The van der Waals surface area contributed by atoms with Crippen LogP contribution in [0.3, 0.4) is 0 Å². The summed E-state index contributed by atoms with van der Waals surface area (Å²) in [5, 5.41) is 20.3. The van der Waals surface area contributed by atoms with Crippen LogP contribution in [-0.4, -0.2) is 45.8 Å². The normalized spacial score (nSPS) is 12.5. The number of hydrogen-bond donors (Lipinski definition) is 0. The van der Waals surface area contributed by atoms with Crippen molar-refractivity contribution >= 4 is 33.1 Å². The standard InChI is InChI=1S/C6H10O5.2C6H13.Sn/c1-6(11-2,5(9)10)3-4(7)8;2*1-3-5-6-4-2;/h3H2,1-2H3,(H,7,8)(H,9,10);2*1,3-6H2,2H3;/q;;;+2/p-2. The van der Waals surface area contributed by atoms with Crippen LogP contribution >= 0.6 is 0 Å². The third kappa shape index (κ3) is 16.6. The SMILES string of the molecule is CCCCC[CH2][Sn+2][CH2]CCCCC.COC(C)(CC(=O)[O-])C(=O)[O-]. The van der Waals surface area contributed by atoms with Gasteiger partial charge in [-0.15, -0.1) is 0 Å². The molecule has 0 aromatic rings. The predicted octanol–water partition coefficient (Wildman–Crippen LogP) is 1.97. The first-order chi connectivity index (χ1) is 11.3. The first-order valence-corrected chi connectivity index (χ1v) is 13.0. The summed E-state index contributed by atoms with van der Waals surface area (Å²) in [4.78, 5) is 20.3. The van der Waals surface area contributed by atoms with Gasteiger partial charge in [0.15, 0.2) is 0 Å². The Hall–Kier alpha value is -0.301. The number of carboxylic acid groups (broad SMARTS) is 2. The van der Waals surface area contributed by atoms with Crippen LogP contribution in [0, 0.1) is 0 Å². The van der Waals surface area contributed by atoms with E-state index in [0.29, 0.717) is 0 Å². The molecule has 0 N–H and O–H groups in total. The van der Waals surface area contributed by atoms with Crippen molar-refractivity contribution < 1.29 is 24.5 Å². The Morgan fingerprint density at radius 2 is 1.38 bits per heavy atom. The Labute approximate surface area is 157 Å². The van der Waals surface area contributed by atoms with Crippen molar-refractivity contribution in [2.24, 2.45) is 0 Å². The molecule has 140 valence electrons. The van der Waals surface area contributed by atoms with Crippen molar-refractivity contribution in [1.29, 1.82) is 0 Å². The zero-order chi connectivity index (χ0) is 18.8. The molecule has 0 saturated carbocycles. The summed E-state index contributed by atoms with van der Waals surface area (Å²) >= 11 is 0.104. The van der Waals surface area contributed by atoms with Crippen LogP contribution in [0.5, 0.6) is 0 Å². The van der Waals surface area contributed by atoms with Gasteiger partial charge in [-0.05, 0) is 6.92 Å². The largest absolute Gasteiger partial charge is 0.550 e. The predicted molar refractivity (Wildman–Crippen MR) is 93.7 cm³/mol. The number of hydrogen-bond acceptors (Lipinski definition) is 5. The second-order valence-electron chi connectivity index (χ2n) is 6.14. The Morgan fingerprint density at radius 3 is 1.62 bits per heavy atom. The van der Waals surface area contributed by atoms with Crippen LogP contribution in [0.2, 0.25) is 8.87 Å². The molecule has 0 bridgehead atoms. The van der Waals surface area contributed by atoms with Crippen molar-refractivity contribution in [3.05, 3.63) is 0 Å². The summed E-state index contributed by atoms with van der Waals surface area (Å²) in [6.45, 7) is 5.70. The van der Waals surface area contributed by atoms with Gasteiger partial charge in [0.1, 0.15) is 5.60 Å². The van der Waals surface area contributed by atoms with Crippen LogP contribution in [0.15, 0.2) is 0 Å². The Bertz CT molecular complexity index is 313. The van der Waals surface area contributed by atoms with E-state index in [4.69, 9.17) is 0 Å². The van der Waals surface area contributed by atoms with Gasteiger partial charge in [-0.1, -0.05) is 0 Å². The quantitative estimate of drug-likeness (QED) is 0.299. The van der Waals surface area contributed by atoms with Crippen LogP contribution in [0.25, 0.3) is 0 Å². The minimum Gasteiger partial charge on any atom is -0.550 e. The zero-order valence-corrected chi connectivity index (χ0v) is 18.7. The maximum Gasteiger partial charge on any atom is 0.109 e. The fraction of sp³-hybridized carbons (Fsp3) is 0.889. The van der Waals surface area contributed by atoms with Crippen molar-refractivity contribution in [1.82, 2.24) is 0 Å². The number of methoxy groups -OCH3 is 1. The molecule has 24 heavy (non-hydrogen) atoms. The van der Waals surface area contributed by atoms with Gasteiger partial charge < -0.3 is 24.5 Å². The maximum absolute atomic E-state index is 10.3. The molecule has 0 amide bonds. The molecule has 0 aliphatic heterocycles. The van der Waals surface area contributed by atoms with Gasteiger partial charge in [0.05, 0.1) is 5.97 Å². The molecular weight excluding hydrogens is 415 g/mol. The van der Waals surface area contributed by atoms with E-state index in [9.17, 15) is 19.8 Å². The molecule has 0 saturated heterocycles. The van der Waals surface area contributed by atoms with E-state index in [1.807, 2.05) is 0 Å². The van der Waals surface area contributed by atoms with Crippen molar-refractivity contribution in [2.45, 2.75) is 93.0 Å². The molecule has 0 heterocycles. The van der Waals surface area contributed by atoms with E-state index in [1.165, 1.54) is 38.5 Å². The molecule has 5 nitrogen and oxygen atoms in total. The molecule has 0 aromatic carbocycles. The summed E-state index contributed by atoms with van der Waals surface area (Å²) in [6, 6.07) is 0. The Balaban J connectivity index is 0. The molecule has 1 atom stereocenters. The van der Waals surface area contributed by atoms with E-state index in [-0.39, 0.29) is 21.1 Å². The van der Waals surface area contributed by atoms with Crippen molar-refractivity contribution in [3.8, 4) is 0 Å². The van der Waals surface area contributed by atoms with Crippen LogP contribution in [0.1, 0.15) is 78.6 Å². The summed E-state index contributed by atoms with van der Waals surface area (Å²) in [6.07, 6.45) is 11.1. The second-order valence-corrected chi connectivity index (χ2v) is 10.4. The Kier molecular flexibility index (Phi) is 18.9. The van der Waals surface area contributed by atoms with Gasteiger partial charge in [0, 0.05) is 19.5 Å². The monoisotopic (exact) mass is 450 g/mol. The summed E-state index contributed by atoms with van der Waals surface area (Å²) < 4.78 is 7.72. The average Bonchev–Trinajstić information content (AvgIpc) is 2.53.